The summed E-state index contributed by atoms with van der Waals surface area (Å²) in [4.78, 5) is 10.9. The molecule has 2 aromatic rings. The topological polar surface area (TPSA) is 54.6 Å². The molecule has 0 aliphatic carbocycles. The molecule has 0 saturated heterocycles. The molecule has 1 heterocycles. The van der Waals surface area contributed by atoms with E-state index in [-0.39, 0.29) is 11.6 Å². The van der Waals surface area contributed by atoms with Gasteiger partial charge in [-0.2, -0.15) is 0 Å². The van der Waals surface area contributed by atoms with Crippen molar-refractivity contribution < 1.29 is 5.11 Å². The summed E-state index contributed by atoms with van der Waals surface area (Å²) in [6.45, 7) is 6.66. The van der Waals surface area contributed by atoms with Crippen LogP contribution in [0.5, 0.6) is 5.88 Å². The van der Waals surface area contributed by atoms with Gasteiger partial charge in [-0.1, -0.05) is 18.6 Å². The fourth-order valence-electron chi connectivity index (χ4n) is 2.38. The first kappa shape index (κ1) is 11.6. The molecule has 4 nitrogen and oxygen atoms in total. The monoisotopic (exact) mass is 232 g/mol. The maximum atomic E-state index is 10.9. The average molecular weight is 232 g/mol. The van der Waals surface area contributed by atoms with E-state index in [1.165, 1.54) is 0 Å². The van der Waals surface area contributed by atoms with Crippen LogP contribution >= 0.6 is 0 Å². The first-order chi connectivity index (χ1) is 8.10. The molecule has 1 aromatic carbocycles. The predicted octanol–water partition coefficient (Wildman–Crippen LogP) is 3.77. The zero-order valence-corrected chi connectivity index (χ0v) is 10.3. The Morgan fingerprint density at radius 3 is 2.65 bits per heavy atom. The molecule has 0 fully saturated rings. The van der Waals surface area contributed by atoms with Gasteiger partial charge in [0.25, 0.3) is 0 Å². The van der Waals surface area contributed by atoms with Gasteiger partial charge in [-0.25, -0.2) is 0 Å². The van der Waals surface area contributed by atoms with Crippen molar-refractivity contribution in [3.63, 3.8) is 0 Å². The molecule has 1 aromatic heterocycles. The molecule has 0 spiro atoms. The van der Waals surface area contributed by atoms with Gasteiger partial charge in [-0.15, -0.1) is 4.91 Å². The van der Waals surface area contributed by atoms with Gasteiger partial charge >= 0.3 is 0 Å². The minimum atomic E-state index is -0.0226. The Morgan fingerprint density at radius 2 is 2.06 bits per heavy atom. The third kappa shape index (κ3) is 1.69. The summed E-state index contributed by atoms with van der Waals surface area (Å²) in [6.07, 6.45) is 0.892. The molecule has 4 heteroatoms. The quantitative estimate of drug-likeness (QED) is 0.819. The van der Waals surface area contributed by atoms with Crippen LogP contribution in [0.25, 0.3) is 10.9 Å². The lowest BCUT2D eigenvalue weighted by Crippen LogP contribution is -1.97. The van der Waals surface area contributed by atoms with Crippen molar-refractivity contribution in [1.82, 2.24) is 4.57 Å². The van der Waals surface area contributed by atoms with Gasteiger partial charge in [0.1, 0.15) is 0 Å². The van der Waals surface area contributed by atoms with Crippen molar-refractivity contribution in [2.75, 3.05) is 0 Å². The highest BCUT2D eigenvalue weighted by Gasteiger charge is 2.18. The summed E-state index contributed by atoms with van der Waals surface area (Å²) >= 11 is 0. The molecule has 0 aliphatic rings. The Bertz CT molecular complexity index is 585. The average Bonchev–Trinajstić information content (AvgIpc) is 2.52. The van der Waals surface area contributed by atoms with Gasteiger partial charge in [-0.05, 0) is 37.1 Å². The van der Waals surface area contributed by atoms with E-state index in [9.17, 15) is 10.0 Å². The van der Waals surface area contributed by atoms with Crippen LogP contribution in [0.3, 0.4) is 0 Å². The number of aromatic nitrogens is 1. The van der Waals surface area contributed by atoms with Crippen molar-refractivity contribution in [2.24, 2.45) is 5.18 Å². The van der Waals surface area contributed by atoms with Gasteiger partial charge in [0.2, 0.25) is 5.88 Å². The van der Waals surface area contributed by atoms with Gasteiger partial charge < -0.3 is 9.67 Å². The van der Waals surface area contributed by atoms with Crippen molar-refractivity contribution in [1.29, 1.82) is 0 Å². The van der Waals surface area contributed by atoms with E-state index in [1.807, 2.05) is 32.9 Å². The molecule has 1 N–H and O–H groups in total. The molecule has 0 radical (unpaired) electrons. The lowest BCUT2D eigenvalue weighted by molar-refractivity contribution is 0.421. The highest BCUT2D eigenvalue weighted by Crippen LogP contribution is 2.40. The number of hydrogen-bond acceptors (Lipinski definition) is 3. The van der Waals surface area contributed by atoms with E-state index in [4.69, 9.17) is 0 Å². The fourth-order valence-corrected chi connectivity index (χ4v) is 2.38. The summed E-state index contributed by atoms with van der Waals surface area (Å²) in [6, 6.07) is 3.94. The van der Waals surface area contributed by atoms with Gasteiger partial charge in [0.15, 0.2) is 5.69 Å². The van der Waals surface area contributed by atoms with Crippen LogP contribution in [0.1, 0.15) is 24.5 Å². The summed E-state index contributed by atoms with van der Waals surface area (Å²) in [5.74, 6) is -0.0226. The maximum Gasteiger partial charge on any atom is 0.222 e. The van der Waals surface area contributed by atoms with Crippen molar-refractivity contribution in [2.45, 2.75) is 33.7 Å². The first-order valence-electron chi connectivity index (χ1n) is 5.76. The van der Waals surface area contributed by atoms with Crippen molar-refractivity contribution >= 4 is 16.6 Å². The zero-order chi connectivity index (χ0) is 12.6. The molecule has 0 amide bonds. The lowest BCUT2D eigenvalue weighted by atomic mass is 10.1. The standard InChI is InChI=1S/C13H16N2O2/c1-4-5-15-12-9(3)6-8(2)7-10(12)11(14-17)13(15)16/h6-7,16H,4-5H2,1-3H3. The molecule has 0 aliphatic heterocycles. The van der Waals surface area contributed by atoms with Crippen LogP contribution in [0.2, 0.25) is 0 Å². The number of benzene rings is 1. The molecule has 2 rings (SSSR count). The van der Waals surface area contributed by atoms with E-state index < -0.39 is 0 Å². The zero-order valence-electron chi connectivity index (χ0n) is 10.3. The predicted molar refractivity (Wildman–Crippen MR) is 68.8 cm³/mol. The van der Waals surface area contributed by atoms with Gasteiger partial charge in [-0.3, -0.25) is 0 Å². The minimum absolute atomic E-state index is 0.0226. The van der Waals surface area contributed by atoms with Crippen LogP contribution < -0.4 is 0 Å². The largest absolute Gasteiger partial charge is 0.493 e. The number of nitrogens with zero attached hydrogens (tertiary/aromatic N) is 2. The highest BCUT2D eigenvalue weighted by atomic mass is 16.3. The number of aryl methyl sites for hydroxylation is 3. The van der Waals surface area contributed by atoms with E-state index in [1.54, 1.807) is 4.57 Å². The third-order valence-corrected chi connectivity index (χ3v) is 2.98. The number of rotatable bonds is 3. The molecule has 0 unspecified atom stereocenters. The van der Waals surface area contributed by atoms with Crippen LogP contribution in [0.15, 0.2) is 17.3 Å². The van der Waals surface area contributed by atoms with E-state index >= 15 is 0 Å². The second kappa shape index (κ2) is 4.20. The molecule has 17 heavy (non-hydrogen) atoms. The normalized spacial score (nSPS) is 11.0. The first-order valence-corrected chi connectivity index (χ1v) is 5.76. The Labute approximate surface area is 99.8 Å². The molecule has 90 valence electrons. The molecular weight excluding hydrogens is 216 g/mol. The number of hydrogen-bond donors (Lipinski definition) is 1. The Kier molecular flexibility index (Phi) is 2.88. The van der Waals surface area contributed by atoms with Crippen molar-refractivity contribution in [3.8, 4) is 5.88 Å². The van der Waals surface area contributed by atoms with Crippen molar-refractivity contribution in [3.05, 3.63) is 28.2 Å². The summed E-state index contributed by atoms with van der Waals surface area (Å²) < 4.78 is 1.76. The summed E-state index contributed by atoms with van der Waals surface area (Å²) in [5, 5.41) is 13.7. The Balaban J connectivity index is 2.90. The van der Waals surface area contributed by atoms with E-state index in [2.05, 4.69) is 5.18 Å². The molecule has 0 saturated carbocycles. The number of aromatic hydroxyl groups is 1. The molecule has 0 atom stereocenters. The maximum absolute atomic E-state index is 10.9. The minimum Gasteiger partial charge on any atom is -0.493 e. The second-order valence-corrected chi connectivity index (χ2v) is 4.39. The smallest absolute Gasteiger partial charge is 0.222 e. The summed E-state index contributed by atoms with van der Waals surface area (Å²) in [7, 11) is 0. The van der Waals surface area contributed by atoms with Crippen LogP contribution in [0, 0.1) is 18.8 Å². The Hall–Kier alpha value is -1.84. The molecular formula is C13H16N2O2. The molecule has 0 bridgehead atoms. The SMILES string of the molecule is CCCn1c(O)c(N=O)c2cc(C)cc(C)c21. The van der Waals surface area contributed by atoms with E-state index in [0.717, 1.165) is 28.5 Å². The number of nitroso groups, excluding NO2 is 1. The Morgan fingerprint density at radius 1 is 1.35 bits per heavy atom. The van der Waals surface area contributed by atoms with E-state index in [0.29, 0.717) is 6.54 Å². The lowest BCUT2D eigenvalue weighted by Gasteiger charge is -2.07. The van der Waals surface area contributed by atoms with Crippen LogP contribution in [-0.2, 0) is 6.54 Å². The number of fused-ring (bicyclic) bond motifs is 1. The van der Waals surface area contributed by atoms with Crippen LogP contribution in [-0.4, -0.2) is 9.67 Å². The summed E-state index contributed by atoms with van der Waals surface area (Å²) in [5.41, 5.74) is 3.18. The van der Waals surface area contributed by atoms with Gasteiger partial charge in [0, 0.05) is 11.9 Å². The highest BCUT2D eigenvalue weighted by molar-refractivity contribution is 5.97. The second-order valence-electron chi connectivity index (χ2n) is 4.39. The fraction of sp³-hybridized carbons (Fsp3) is 0.385. The van der Waals surface area contributed by atoms with Gasteiger partial charge in [0.05, 0.1) is 5.52 Å². The third-order valence-electron chi connectivity index (χ3n) is 2.98. The van der Waals surface area contributed by atoms with Crippen LogP contribution in [0.4, 0.5) is 5.69 Å².